The number of rotatable bonds is 3. The average molecular weight is 387 g/mol. The fraction of sp³-hybridized carbons (Fsp3) is 0.389. The highest BCUT2D eigenvalue weighted by atomic mass is 32.2. The Hall–Kier alpha value is -2.68. The molecule has 27 heavy (non-hydrogen) atoms. The zero-order valence-electron chi connectivity index (χ0n) is 15.2. The van der Waals surface area contributed by atoms with E-state index in [0.717, 1.165) is 24.8 Å². The molecule has 142 valence electrons. The number of likely N-dealkylation sites (tertiary alicyclic amines) is 1. The summed E-state index contributed by atoms with van der Waals surface area (Å²) in [5.41, 5.74) is 2.97. The molecule has 8 nitrogen and oxygen atoms in total. The van der Waals surface area contributed by atoms with Crippen LogP contribution in [0.1, 0.15) is 40.5 Å². The van der Waals surface area contributed by atoms with Crippen LogP contribution in [0.25, 0.3) is 5.52 Å². The van der Waals surface area contributed by atoms with E-state index in [1.54, 1.807) is 29.3 Å². The molecular formula is C18H21N5O3S. The molecule has 1 aliphatic rings. The van der Waals surface area contributed by atoms with Crippen molar-refractivity contribution in [3.8, 4) is 0 Å². The molecule has 0 radical (unpaired) electrons. The topological polar surface area (TPSA) is 100 Å². The summed E-state index contributed by atoms with van der Waals surface area (Å²) in [5.74, 6) is 0.147. The monoisotopic (exact) mass is 387 g/mol. The Labute approximate surface area is 157 Å². The van der Waals surface area contributed by atoms with Gasteiger partial charge < -0.3 is 4.90 Å². The summed E-state index contributed by atoms with van der Waals surface area (Å²) >= 11 is 0. The number of carbonyl (C=O) groups is 1. The molecule has 0 unspecified atom stereocenters. The minimum atomic E-state index is -3.55. The van der Waals surface area contributed by atoms with E-state index >= 15 is 0 Å². The second-order valence-corrected chi connectivity index (χ2v) is 8.90. The lowest BCUT2D eigenvalue weighted by Gasteiger charge is -2.31. The van der Waals surface area contributed by atoms with Gasteiger partial charge in [0.15, 0.2) is 5.69 Å². The van der Waals surface area contributed by atoms with Gasteiger partial charge >= 0.3 is 0 Å². The Morgan fingerprint density at radius 3 is 2.63 bits per heavy atom. The number of H-pyrrole nitrogens is 1. The van der Waals surface area contributed by atoms with Gasteiger partial charge in [-0.2, -0.15) is 5.10 Å². The van der Waals surface area contributed by atoms with Gasteiger partial charge in [0.05, 0.1) is 11.7 Å². The van der Waals surface area contributed by atoms with E-state index in [9.17, 15) is 13.2 Å². The van der Waals surface area contributed by atoms with Crippen molar-refractivity contribution in [3.05, 3.63) is 47.5 Å². The predicted octanol–water partition coefficient (Wildman–Crippen LogP) is 1.79. The highest BCUT2D eigenvalue weighted by molar-refractivity contribution is 7.90. The number of imidazole rings is 1. The van der Waals surface area contributed by atoms with E-state index in [-0.39, 0.29) is 16.8 Å². The molecule has 9 heteroatoms. The fourth-order valence-corrected chi connectivity index (χ4v) is 4.52. The van der Waals surface area contributed by atoms with Crippen molar-refractivity contribution in [2.45, 2.75) is 30.8 Å². The molecule has 4 rings (SSSR count). The molecule has 1 aliphatic heterocycles. The molecule has 3 aromatic heterocycles. The SMILES string of the molecule is Cc1[nH]ncc1C1CCN(C(=O)c2nc(S(C)(=O)=O)n3ccccc23)CC1. The Bertz CT molecular complexity index is 1110. The van der Waals surface area contributed by atoms with Gasteiger partial charge in [-0.15, -0.1) is 0 Å². The number of sulfone groups is 1. The van der Waals surface area contributed by atoms with Gasteiger partial charge in [0.2, 0.25) is 15.0 Å². The van der Waals surface area contributed by atoms with E-state index in [0.29, 0.717) is 24.5 Å². The van der Waals surface area contributed by atoms with Gasteiger partial charge in [-0.05, 0) is 43.4 Å². The van der Waals surface area contributed by atoms with Crippen LogP contribution in [-0.2, 0) is 9.84 Å². The van der Waals surface area contributed by atoms with Crippen molar-refractivity contribution in [3.63, 3.8) is 0 Å². The third kappa shape index (κ3) is 3.12. The summed E-state index contributed by atoms with van der Waals surface area (Å²) in [6.45, 7) is 3.21. The summed E-state index contributed by atoms with van der Waals surface area (Å²) < 4.78 is 25.6. The van der Waals surface area contributed by atoms with Gasteiger partial charge in [-0.25, -0.2) is 13.4 Å². The van der Waals surface area contributed by atoms with Crippen LogP contribution >= 0.6 is 0 Å². The van der Waals surface area contributed by atoms with Crippen LogP contribution in [-0.4, -0.2) is 58.2 Å². The lowest BCUT2D eigenvalue weighted by atomic mass is 9.90. The predicted molar refractivity (Wildman–Crippen MR) is 99.5 cm³/mol. The van der Waals surface area contributed by atoms with Crippen LogP contribution in [0.2, 0.25) is 0 Å². The van der Waals surface area contributed by atoms with Crippen molar-refractivity contribution in [2.24, 2.45) is 0 Å². The largest absolute Gasteiger partial charge is 0.337 e. The van der Waals surface area contributed by atoms with Crippen LogP contribution in [0.4, 0.5) is 0 Å². The number of pyridine rings is 1. The molecule has 4 heterocycles. The molecule has 1 amide bonds. The second-order valence-electron chi connectivity index (χ2n) is 6.99. The molecule has 0 aliphatic carbocycles. The molecule has 0 saturated carbocycles. The minimum absolute atomic E-state index is 0.106. The summed E-state index contributed by atoms with van der Waals surface area (Å²) in [4.78, 5) is 19.0. The van der Waals surface area contributed by atoms with Crippen molar-refractivity contribution < 1.29 is 13.2 Å². The van der Waals surface area contributed by atoms with E-state index in [2.05, 4.69) is 15.2 Å². The van der Waals surface area contributed by atoms with Gasteiger partial charge in [-0.3, -0.25) is 14.3 Å². The summed E-state index contributed by atoms with van der Waals surface area (Å²) in [5, 5.41) is 6.94. The molecule has 1 saturated heterocycles. The Balaban J connectivity index is 1.60. The first-order valence-electron chi connectivity index (χ1n) is 8.82. The number of aromatic amines is 1. The Morgan fingerprint density at radius 1 is 1.26 bits per heavy atom. The lowest BCUT2D eigenvalue weighted by molar-refractivity contribution is 0.0709. The van der Waals surface area contributed by atoms with Crippen molar-refractivity contribution in [1.29, 1.82) is 0 Å². The number of hydrogen-bond donors (Lipinski definition) is 1. The number of amides is 1. The summed E-state index contributed by atoms with van der Waals surface area (Å²) in [7, 11) is -3.55. The number of piperidine rings is 1. The van der Waals surface area contributed by atoms with Crippen LogP contribution in [0.5, 0.6) is 0 Å². The zero-order valence-corrected chi connectivity index (χ0v) is 16.0. The number of aryl methyl sites for hydroxylation is 1. The molecule has 0 bridgehead atoms. The normalized spacial score (nSPS) is 16.1. The fourth-order valence-electron chi connectivity index (χ4n) is 3.74. The van der Waals surface area contributed by atoms with Crippen LogP contribution in [0, 0.1) is 6.92 Å². The van der Waals surface area contributed by atoms with Gasteiger partial charge in [-0.1, -0.05) is 6.07 Å². The maximum atomic E-state index is 13.1. The number of hydrogen-bond acceptors (Lipinski definition) is 5. The number of fused-ring (bicyclic) bond motifs is 1. The highest BCUT2D eigenvalue weighted by Gasteiger charge is 2.30. The average Bonchev–Trinajstić information content (AvgIpc) is 3.25. The number of aromatic nitrogens is 4. The van der Waals surface area contributed by atoms with Crippen LogP contribution in [0.15, 0.2) is 35.7 Å². The number of carbonyl (C=O) groups excluding carboxylic acids is 1. The third-order valence-electron chi connectivity index (χ3n) is 5.14. The lowest BCUT2D eigenvalue weighted by Crippen LogP contribution is -2.38. The van der Waals surface area contributed by atoms with E-state index < -0.39 is 9.84 Å². The molecule has 1 fully saturated rings. The van der Waals surface area contributed by atoms with Crippen molar-refractivity contribution >= 4 is 21.3 Å². The van der Waals surface area contributed by atoms with Crippen molar-refractivity contribution in [2.75, 3.05) is 19.3 Å². The standard InChI is InChI=1S/C18H21N5O3S/c1-12-14(11-19-21-12)13-6-9-22(10-7-13)17(24)16-15-5-3-4-8-23(15)18(20-16)27(2,25)26/h3-5,8,11,13H,6-7,9-10H2,1-2H3,(H,19,21). The second kappa shape index (κ2) is 6.49. The zero-order chi connectivity index (χ0) is 19.2. The molecular weight excluding hydrogens is 366 g/mol. The van der Waals surface area contributed by atoms with Gasteiger partial charge in [0.1, 0.15) is 0 Å². The number of nitrogens with zero attached hydrogens (tertiary/aromatic N) is 4. The Morgan fingerprint density at radius 2 is 2.00 bits per heavy atom. The number of nitrogens with one attached hydrogen (secondary N) is 1. The smallest absolute Gasteiger partial charge is 0.274 e. The first kappa shape index (κ1) is 17.7. The van der Waals surface area contributed by atoms with Gasteiger partial charge in [0, 0.05) is 31.2 Å². The molecule has 3 aromatic rings. The van der Waals surface area contributed by atoms with Crippen molar-refractivity contribution in [1.82, 2.24) is 24.5 Å². The van der Waals surface area contributed by atoms with Crippen LogP contribution in [0.3, 0.4) is 0 Å². The maximum absolute atomic E-state index is 13.1. The summed E-state index contributed by atoms with van der Waals surface area (Å²) in [6.07, 6.45) is 6.26. The first-order valence-corrected chi connectivity index (χ1v) is 10.7. The third-order valence-corrected chi connectivity index (χ3v) is 6.09. The minimum Gasteiger partial charge on any atom is -0.337 e. The maximum Gasteiger partial charge on any atom is 0.274 e. The van der Waals surface area contributed by atoms with E-state index in [4.69, 9.17) is 0 Å². The summed E-state index contributed by atoms with van der Waals surface area (Å²) in [6, 6.07) is 5.21. The Kier molecular flexibility index (Phi) is 4.26. The van der Waals surface area contributed by atoms with E-state index in [1.807, 2.05) is 13.1 Å². The molecule has 0 aromatic carbocycles. The van der Waals surface area contributed by atoms with Crippen LogP contribution < -0.4 is 0 Å². The quantitative estimate of drug-likeness (QED) is 0.738. The first-order chi connectivity index (χ1) is 12.9. The molecule has 1 N–H and O–H groups in total. The molecule has 0 spiro atoms. The molecule has 0 atom stereocenters. The van der Waals surface area contributed by atoms with Gasteiger partial charge in [0.25, 0.3) is 5.91 Å². The highest BCUT2D eigenvalue weighted by Crippen LogP contribution is 2.30. The van der Waals surface area contributed by atoms with E-state index in [1.165, 1.54) is 9.96 Å².